The van der Waals surface area contributed by atoms with Crippen LogP contribution in [0.3, 0.4) is 0 Å². The smallest absolute Gasteiger partial charge is 0.253 e. The predicted octanol–water partition coefficient (Wildman–Crippen LogP) is 0.623. The molecule has 106 valence electrons. The molecule has 0 spiro atoms. The second kappa shape index (κ2) is 5.60. The Balaban J connectivity index is 1.70. The molecular formula is C14H18N4O2. The number of carbonyl (C=O) groups excluding carboxylic acids is 1. The zero-order chi connectivity index (χ0) is 13.9. The minimum Gasteiger partial charge on any atom is -0.374 e. The van der Waals surface area contributed by atoms with Gasteiger partial charge in [-0.3, -0.25) is 9.89 Å². The minimum atomic E-state index is -0.00401. The molecule has 1 amide bonds. The Bertz CT molecular complexity index is 604. The van der Waals surface area contributed by atoms with E-state index >= 15 is 0 Å². The lowest BCUT2D eigenvalue weighted by Crippen LogP contribution is -2.45. The van der Waals surface area contributed by atoms with Crippen molar-refractivity contribution in [1.29, 1.82) is 0 Å². The van der Waals surface area contributed by atoms with Crippen LogP contribution in [0.5, 0.6) is 0 Å². The summed E-state index contributed by atoms with van der Waals surface area (Å²) < 4.78 is 5.62. The van der Waals surface area contributed by atoms with Crippen molar-refractivity contribution in [2.45, 2.75) is 6.10 Å². The van der Waals surface area contributed by atoms with Gasteiger partial charge in [0.25, 0.3) is 5.91 Å². The number of benzene rings is 1. The van der Waals surface area contributed by atoms with Crippen LogP contribution in [0.25, 0.3) is 10.9 Å². The molecule has 1 unspecified atom stereocenters. The fourth-order valence-electron chi connectivity index (χ4n) is 2.42. The Morgan fingerprint density at radius 3 is 3.25 bits per heavy atom. The van der Waals surface area contributed by atoms with Crippen LogP contribution in [0.15, 0.2) is 24.4 Å². The van der Waals surface area contributed by atoms with Gasteiger partial charge in [0.1, 0.15) is 0 Å². The van der Waals surface area contributed by atoms with Gasteiger partial charge < -0.3 is 15.0 Å². The van der Waals surface area contributed by atoms with E-state index in [1.165, 1.54) is 0 Å². The van der Waals surface area contributed by atoms with E-state index in [4.69, 9.17) is 4.74 Å². The zero-order valence-corrected chi connectivity index (χ0v) is 11.4. The minimum absolute atomic E-state index is 0.00401. The van der Waals surface area contributed by atoms with E-state index in [9.17, 15) is 4.79 Å². The maximum atomic E-state index is 12.4. The molecule has 0 bridgehead atoms. The lowest BCUT2D eigenvalue weighted by Gasteiger charge is -2.28. The summed E-state index contributed by atoms with van der Waals surface area (Å²) in [6.45, 7) is 2.96. The Morgan fingerprint density at radius 1 is 1.55 bits per heavy atom. The highest BCUT2D eigenvalue weighted by Crippen LogP contribution is 2.14. The predicted molar refractivity (Wildman–Crippen MR) is 75.7 cm³/mol. The second-order valence-electron chi connectivity index (χ2n) is 5.05. The van der Waals surface area contributed by atoms with E-state index in [1.54, 1.807) is 18.1 Å². The van der Waals surface area contributed by atoms with Crippen molar-refractivity contribution < 1.29 is 9.53 Å². The number of fused-ring (bicyclic) bond motifs is 1. The van der Waals surface area contributed by atoms with Crippen LogP contribution in [-0.4, -0.2) is 60.4 Å². The monoisotopic (exact) mass is 274 g/mol. The highest BCUT2D eigenvalue weighted by molar-refractivity contribution is 5.97. The van der Waals surface area contributed by atoms with E-state index in [0.717, 1.165) is 24.0 Å². The number of ether oxygens (including phenoxy) is 1. The molecule has 0 radical (unpaired) electrons. The average molecular weight is 274 g/mol. The maximum Gasteiger partial charge on any atom is 0.253 e. The summed E-state index contributed by atoms with van der Waals surface area (Å²) in [5, 5.41) is 11.1. The van der Waals surface area contributed by atoms with Crippen molar-refractivity contribution >= 4 is 16.8 Å². The number of hydrogen-bond donors (Lipinski definition) is 2. The number of hydrogen-bond acceptors (Lipinski definition) is 4. The molecule has 1 fully saturated rings. The van der Waals surface area contributed by atoms with Crippen LogP contribution in [0, 0.1) is 0 Å². The fourth-order valence-corrected chi connectivity index (χ4v) is 2.42. The molecule has 3 rings (SSSR count). The first-order valence-electron chi connectivity index (χ1n) is 6.75. The Morgan fingerprint density at radius 2 is 2.45 bits per heavy atom. The van der Waals surface area contributed by atoms with Crippen molar-refractivity contribution in [3.63, 3.8) is 0 Å². The largest absolute Gasteiger partial charge is 0.374 e. The molecule has 20 heavy (non-hydrogen) atoms. The van der Waals surface area contributed by atoms with Crippen LogP contribution >= 0.6 is 0 Å². The molecule has 1 saturated heterocycles. The van der Waals surface area contributed by atoms with Gasteiger partial charge in [-0.25, -0.2) is 0 Å². The SMILES string of the molecule is CN(CC1CNCCO1)C(=O)c1ccc2cn[nH]c2c1. The van der Waals surface area contributed by atoms with E-state index in [2.05, 4.69) is 15.5 Å². The van der Waals surface area contributed by atoms with Gasteiger partial charge >= 0.3 is 0 Å². The first-order valence-corrected chi connectivity index (χ1v) is 6.75. The molecule has 0 saturated carbocycles. The van der Waals surface area contributed by atoms with Crippen molar-refractivity contribution in [2.75, 3.05) is 33.3 Å². The van der Waals surface area contributed by atoms with Gasteiger partial charge in [-0.15, -0.1) is 0 Å². The first-order chi connectivity index (χ1) is 9.74. The van der Waals surface area contributed by atoms with Crippen LogP contribution in [0.2, 0.25) is 0 Å². The van der Waals surface area contributed by atoms with Crippen LogP contribution in [0.1, 0.15) is 10.4 Å². The summed E-state index contributed by atoms with van der Waals surface area (Å²) in [5.41, 5.74) is 1.54. The van der Waals surface area contributed by atoms with Gasteiger partial charge in [0.05, 0.1) is 24.4 Å². The molecular weight excluding hydrogens is 256 g/mol. The van der Waals surface area contributed by atoms with E-state index in [1.807, 2.05) is 18.2 Å². The van der Waals surface area contributed by atoms with Gasteiger partial charge in [-0.2, -0.15) is 5.10 Å². The molecule has 1 aliphatic rings. The number of morpholine rings is 1. The molecule has 1 atom stereocenters. The zero-order valence-electron chi connectivity index (χ0n) is 11.4. The second-order valence-corrected chi connectivity index (χ2v) is 5.05. The van der Waals surface area contributed by atoms with Crippen molar-refractivity contribution in [1.82, 2.24) is 20.4 Å². The average Bonchev–Trinajstić information content (AvgIpc) is 2.94. The molecule has 2 aromatic rings. The van der Waals surface area contributed by atoms with Gasteiger partial charge in [-0.05, 0) is 12.1 Å². The van der Waals surface area contributed by atoms with Crippen molar-refractivity contribution in [3.8, 4) is 0 Å². The lowest BCUT2D eigenvalue weighted by molar-refractivity contribution is 0.0104. The van der Waals surface area contributed by atoms with Gasteiger partial charge in [0.2, 0.25) is 0 Å². The van der Waals surface area contributed by atoms with Crippen LogP contribution < -0.4 is 5.32 Å². The molecule has 1 aromatic carbocycles. The third-order valence-electron chi connectivity index (χ3n) is 3.52. The summed E-state index contributed by atoms with van der Waals surface area (Å²) in [6, 6.07) is 5.57. The Hall–Kier alpha value is -1.92. The first kappa shape index (κ1) is 13.1. The number of carbonyl (C=O) groups is 1. The number of aromatic nitrogens is 2. The van der Waals surface area contributed by atoms with Gasteiger partial charge in [0.15, 0.2) is 0 Å². The number of nitrogens with zero attached hydrogens (tertiary/aromatic N) is 2. The number of likely N-dealkylation sites (N-methyl/N-ethyl adjacent to an activating group) is 1. The molecule has 1 aromatic heterocycles. The lowest BCUT2D eigenvalue weighted by atomic mass is 10.1. The Labute approximate surface area is 117 Å². The molecule has 6 heteroatoms. The standard InChI is InChI=1S/C14H18N4O2/c1-18(9-12-8-15-4-5-20-12)14(19)10-2-3-11-7-16-17-13(11)6-10/h2-3,6-7,12,15H,4-5,8-9H2,1H3,(H,16,17). The highest BCUT2D eigenvalue weighted by Gasteiger charge is 2.19. The van der Waals surface area contributed by atoms with Crippen molar-refractivity contribution in [3.05, 3.63) is 30.0 Å². The third-order valence-corrected chi connectivity index (χ3v) is 3.52. The van der Waals surface area contributed by atoms with Crippen LogP contribution in [-0.2, 0) is 4.74 Å². The van der Waals surface area contributed by atoms with Crippen molar-refractivity contribution in [2.24, 2.45) is 0 Å². The van der Waals surface area contributed by atoms with E-state index in [-0.39, 0.29) is 12.0 Å². The number of rotatable bonds is 3. The molecule has 0 aliphatic carbocycles. The topological polar surface area (TPSA) is 70.2 Å². The molecule has 2 N–H and O–H groups in total. The van der Waals surface area contributed by atoms with Gasteiger partial charge in [-0.1, -0.05) is 6.07 Å². The third kappa shape index (κ3) is 2.66. The number of nitrogens with one attached hydrogen (secondary N) is 2. The van der Waals surface area contributed by atoms with E-state index < -0.39 is 0 Å². The summed E-state index contributed by atoms with van der Waals surface area (Å²) in [4.78, 5) is 14.1. The Kier molecular flexibility index (Phi) is 3.66. The van der Waals surface area contributed by atoms with E-state index in [0.29, 0.717) is 18.7 Å². The van der Waals surface area contributed by atoms with Crippen LogP contribution in [0.4, 0.5) is 0 Å². The number of aromatic amines is 1. The van der Waals surface area contributed by atoms with Gasteiger partial charge in [0, 0.05) is 37.6 Å². The highest BCUT2D eigenvalue weighted by atomic mass is 16.5. The molecule has 1 aliphatic heterocycles. The number of H-pyrrole nitrogens is 1. The normalized spacial score (nSPS) is 19.1. The summed E-state index contributed by atoms with van der Waals surface area (Å²) in [5.74, 6) is -0.00401. The summed E-state index contributed by atoms with van der Waals surface area (Å²) >= 11 is 0. The molecule has 2 heterocycles. The molecule has 6 nitrogen and oxygen atoms in total. The summed E-state index contributed by atoms with van der Waals surface area (Å²) in [6.07, 6.45) is 1.81. The quantitative estimate of drug-likeness (QED) is 0.861. The fraction of sp³-hybridized carbons (Fsp3) is 0.429. The summed E-state index contributed by atoms with van der Waals surface area (Å²) in [7, 11) is 1.80. The number of amides is 1. The maximum absolute atomic E-state index is 12.4.